The first-order valence-corrected chi connectivity index (χ1v) is 11.6. The normalized spacial score (nSPS) is 14.6. The predicted octanol–water partition coefficient (Wildman–Crippen LogP) is 4.30. The average molecular weight is 435 g/mol. The van der Waals surface area contributed by atoms with Crippen LogP contribution in [0.3, 0.4) is 0 Å². The number of pyridine rings is 1. The van der Waals surface area contributed by atoms with Crippen molar-refractivity contribution < 1.29 is 9.59 Å². The highest BCUT2D eigenvalue weighted by Gasteiger charge is 2.23. The number of hydrogen-bond donors (Lipinski definition) is 2. The number of anilines is 1. The molecule has 0 radical (unpaired) electrons. The Bertz CT molecular complexity index is 890. The molecule has 0 saturated carbocycles. The molecule has 1 saturated heterocycles. The Labute approximate surface area is 190 Å². The van der Waals surface area contributed by atoms with Crippen molar-refractivity contribution >= 4 is 23.6 Å². The fourth-order valence-corrected chi connectivity index (χ4v) is 4.11. The van der Waals surface area contributed by atoms with Gasteiger partial charge in [-0.1, -0.05) is 37.8 Å². The van der Waals surface area contributed by atoms with Crippen molar-refractivity contribution in [3.63, 3.8) is 0 Å². The maximum atomic E-state index is 12.6. The molecule has 1 fully saturated rings. The molecule has 32 heavy (non-hydrogen) atoms. The molecule has 2 aromatic rings. The van der Waals surface area contributed by atoms with E-state index in [2.05, 4.69) is 10.3 Å². The molecule has 0 atom stereocenters. The Hall–Kier alpha value is -3.15. The third-order valence-corrected chi connectivity index (χ3v) is 5.99. The molecule has 2 amide bonds. The lowest BCUT2D eigenvalue weighted by Gasteiger charge is -2.32. The van der Waals surface area contributed by atoms with E-state index in [4.69, 9.17) is 5.73 Å². The second-order valence-electron chi connectivity index (χ2n) is 8.47. The van der Waals surface area contributed by atoms with Gasteiger partial charge in [0, 0.05) is 49.4 Å². The van der Waals surface area contributed by atoms with Crippen LogP contribution in [0.15, 0.2) is 54.9 Å². The number of carbonyl (C=O) groups is 2. The number of rotatable bonds is 10. The van der Waals surface area contributed by atoms with Crippen LogP contribution in [0.2, 0.25) is 0 Å². The lowest BCUT2D eigenvalue weighted by molar-refractivity contribution is -0.116. The largest absolute Gasteiger partial charge is 0.399 e. The number of hydrogen-bond acceptors (Lipinski definition) is 4. The molecule has 6 nitrogen and oxygen atoms in total. The molecule has 170 valence electrons. The van der Waals surface area contributed by atoms with E-state index >= 15 is 0 Å². The Morgan fingerprint density at radius 1 is 1.09 bits per heavy atom. The fourth-order valence-electron chi connectivity index (χ4n) is 4.11. The van der Waals surface area contributed by atoms with Gasteiger partial charge in [-0.05, 0) is 61.1 Å². The van der Waals surface area contributed by atoms with E-state index in [0.29, 0.717) is 23.7 Å². The average Bonchev–Trinajstić information content (AvgIpc) is 2.83. The third-order valence-electron chi connectivity index (χ3n) is 5.99. The summed E-state index contributed by atoms with van der Waals surface area (Å²) in [6, 6.07) is 11.0. The molecule has 0 unspecified atom stereocenters. The maximum absolute atomic E-state index is 12.6. The SMILES string of the molecule is Nc1cccc(C(=O)N2CCC(CCCCCCNC(=O)/C=C/c3cccnc3)CC2)c1. The van der Waals surface area contributed by atoms with E-state index in [0.717, 1.165) is 44.3 Å². The van der Waals surface area contributed by atoms with E-state index in [1.807, 2.05) is 29.2 Å². The molecule has 2 heterocycles. The van der Waals surface area contributed by atoms with Gasteiger partial charge in [-0.25, -0.2) is 0 Å². The van der Waals surface area contributed by atoms with Crippen molar-refractivity contribution in [1.82, 2.24) is 15.2 Å². The molecule has 3 N–H and O–H groups in total. The third kappa shape index (κ3) is 7.84. The molecule has 0 bridgehead atoms. The van der Waals surface area contributed by atoms with Gasteiger partial charge in [-0.15, -0.1) is 0 Å². The number of benzene rings is 1. The summed E-state index contributed by atoms with van der Waals surface area (Å²) in [5.74, 6) is 0.735. The number of likely N-dealkylation sites (tertiary alicyclic amines) is 1. The van der Waals surface area contributed by atoms with Gasteiger partial charge in [0.1, 0.15) is 0 Å². The van der Waals surface area contributed by atoms with Gasteiger partial charge in [-0.2, -0.15) is 0 Å². The first kappa shape index (κ1) is 23.5. The van der Waals surface area contributed by atoms with Crippen molar-refractivity contribution in [3.05, 3.63) is 66.0 Å². The van der Waals surface area contributed by atoms with Crippen LogP contribution in [0.5, 0.6) is 0 Å². The smallest absolute Gasteiger partial charge is 0.253 e. The predicted molar refractivity (Wildman–Crippen MR) is 129 cm³/mol. The van der Waals surface area contributed by atoms with Crippen molar-refractivity contribution in [3.8, 4) is 0 Å². The molecule has 1 aliphatic heterocycles. The Morgan fingerprint density at radius 2 is 1.91 bits per heavy atom. The van der Waals surface area contributed by atoms with E-state index < -0.39 is 0 Å². The first-order valence-electron chi connectivity index (χ1n) is 11.6. The lowest BCUT2D eigenvalue weighted by Crippen LogP contribution is -2.38. The van der Waals surface area contributed by atoms with Crippen molar-refractivity contribution in [2.45, 2.75) is 44.9 Å². The van der Waals surface area contributed by atoms with Gasteiger partial charge in [-0.3, -0.25) is 14.6 Å². The van der Waals surface area contributed by atoms with Crippen LogP contribution in [0.4, 0.5) is 5.69 Å². The topological polar surface area (TPSA) is 88.3 Å². The number of carbonyl (C=O) groups excluding carboxylic acids is 2. The molecule has 1 aromatic heterocycles. The highest BCUT2D eigenvalue weighted by molar-refractivity contribution is 5.95. The molecule has 0 spiro atoms. The van der Waals surface area contributed by atoms with Crippen LogP contribution in [0.1, 0.15) is 60.9 Å². The van der Waals surface area contributed by atoms with Crippen LogP contribution >= 0.6 is 0 Å². The zero-order chi connectivity index (χ0) is 22.6. The number of aromatic nitrogens is 1. The summed E-state index contributed by atoms with van der Waals surface area (Å²) in [7, 11) is 0. The Balaban J connectivity index is 1.22. The van der Waals surface area contributed by atoms with Gasteiger partial charge in [0.25, 0.3) is 5.91 Å². The number of amides is 2. The number of unbranched alkanes of at least 4 members (excludes halogenated alkanes) is 3. The number of piperidine rings is 1. The zero-order valence-corrected chi connectivity index (χ0v) is 18.7. The van der Waals surface area contributed by atoms with Gasteiger partial charge in [0.2, 0.25) is 5.91 Å². The molecule has 3 rings (SSSR count). The molecular weight excluding hydrogens is 400 g/mol. The summed E-state index contributed by atoms with van der Waals surface area (Å²) in [6.45, 7) is 2.37. The summed E-state index contributed by atoms with van der Waals surface area (Å²) in [6.07, 6.45) is 14.7. The minimum Gasteiger partial charge on any atom is -0.399 e. The summed E-state index contributed by atoms with van der Waals surface area (Å²) in [5, 5.41) is 2.93. The summed E-state index contributed by atoms with van der Waals surface area (Å²) in [4.78, 5) is 30.4. The van der Waals surface area contributed by atoms with E-state index in [1.165, 1.54) is 19.3 Å². The Kier molecular flexibility index (Phi) is 9.29. The van der Waals surface area contributed by atoms with Crippen LogP contribution in [-0.4, -0.2) is 41.3 Å². The summed E-state index contributed by atoms with van der Waals surface area (Å²) >= 11 is 0. The van der Waals surface area contributed by atoms with Crippen LogP contribution in [-0.2, 0) is 4.79 Å². The van der Waals surface area contributed by atoms with Crippen LogP contribution in [0, 0.1) is 5.92 Å². The Morgan fingerprint density at radius 3 is 2.66 bits per heavy atom. The standard InChI is InChI=1S/C26H34N4O2/c27-24-10-5-9-23(19-24)26(32)30-17-13-21(14-18-30)7-3-1-2-4-16-29-25(31)12-11-22-8-6-15-28-20-22/h5-6,8-12,15,19-21H,1-4,7,13-14,16-18,27H2,(H,29,31)/b12-11+. The monoisotopic (exact) mass is 434 g/mol. The number of nitrogens with zero attached hydrogens (tertiary/aromatic N) is 2. The highest BCUT2D eigenvalue weighted by atomic mass is 16.2. The fraction of sp³-hybridized carbons (Fsp3) is 0.423. The van der Waals surface area contributed by atoms with Crippen molar-refractivity contribution in [2.24, 2.45) is 5.92 Å². The minimum atomic E-state index is -0.0617. The molecular formula is C26H34N4O2. The van der Waals surface area contributed by atoms with Gasteiger partial charge in [0.05, 0.1) is 0 Å². The number of nitrogens with one attached hydrogen (secondary N) is 1. The summed E-state index contributed by atoms with van der Waals surface area (Å²) in [5.41, 5.74) is 8.03. The van der Waals surface area contributed by atoms with Crippen molar-refractivity contribution in [2.75, 3.05) is 25.4 Å². The van der Waals surface area contributed by atoms with E-state index in [9.17, 15) is 9.59 Å². The van der Waals surface area contributed by atoms with Crippen molar-refractivity contribution in [1.29, 1.82) is 0 Å². The highest BCUT2D eigenvalue weighted by Crippen LogP contribution is 2.24. The van der Waals surface area contributed by atoms with Gasteiger partial charge >= 0.3 is 0 Å². The second kappa shape index (κ2) is 12.6. The lowest BCUT2D eigenvalue weighted by atomic mass is 9.91. The van der Waals surface area contributed by atoms with E-state index in [-0.39, 0.29) is 11.8 Å². The quantitative estimate of drug-likeness (QED) is 0.332. The van der Waals surface area contributed by atoms with Gasteiger partial charge < -0.3 is 16.0 Å². The maximum Gasteiger partial charge on any atom is 0.253 e. The molecule has 1 aliphatic rings. The molecule has 0 aliphatic carbocycles. The first-order chi connectivity index (χ1) is 15.6. The summed E-state index contributed by atoms with van der Waals surface area (Å²) < 4.78 is 0. The minimum absolute atomic E-state index is 0.0617. The molecule has 1 aromatic carbocycles. The number of nitrogen functional groups attached to an aromatic ring is 1. The van der Waals surface area contributed by atoms with E-state index in [1.54, 1.807) is 36.7 Å². The zero-order valence-electron chi connectivity index (χ0n) is 18.7. The second-order valence-corrected chi connectivity index (χ2v) is 8.47. The van der Waals surface area contributed by atoms with Crippen LogP contribution in [0.25, 0.3) is 6.08 Å². The van der Waals surface area contributed by atoms with Crippen LogP contribution < -0.4 is 11.1 Å². The number of nitrogens with two attached hydrogens (primary N) is 1. The van der Waals surface area contributed by atoms with Gasteiger partial charge in [0.15, 0.2) is 0 Å². The molecule has 6 heteroatoms.